The van der Waals surface area contributed by atoms with Gasteiger partial charge in [-0.15, -0.1) is 0 Å². The fourth-order valence-corrected chi connectivity index (χ4v) is 3.75. The molecule has 3 N–H and O–H groups in total. The van der Waals surface area contributed by atoms with E-state index in [1.54, 1.807) is 17.0 Å². The largest absolute Gasteiger partial charge is 0.338 e. The molecule has 2 heterocycles. The van der Waals surface area contributed by atoms with E-state index in [1.165, 1.54) is 18.2 Å². The monoisotopic (exact) mass is 421 g/mol. The van der Waals surface area contributed by atoms with Crippen molar-refractivity contribution in [2.24, 2.45) is 5.92 Å². The second-order valence-electron chi connectivity index (χ2n) is 7.64. The van der Waals surface area contributed by atoms with Crippen LogP contribution in [0, 0.1) is 11.7 Å². The van der Waals surface area contributed by atoms with Crippen molar-refractivity contribution in [3.05, 3.63) is 72.2 Å². The fraction of sp³-hybridized carbons (Fsp3) is 0.261. The van der Waals surface area contributed by atoms with Crippen LogP contribution in [0.25, 0.3) is 11.3 Å². The Hall–Kier alpha value is -3.68. The van der Waals surface area contributed by atoms with Crippen LogP contribution >= 0.6 is 0 Å². The number of hydrogen-bond donors (Lipinski definition) is 3. The van der Waals surface area contributed by atoms with Crippen LogP contribution in [-0.2, 0) is 0 Å². The SMILES string of the molecule is O=C(NCC1CCCN(C(=O)c2cc(-c3ccccc3)n[nH]2)C1)Nc1cccc(F)c1. The number of rotatable bonds is 5. The molecule has 1 aliphatic rings. The van der Waals surface area contributed by atoms with Gasteiger partial charge in [-0.2, -0.15) is 5.10 Å². The smallest absolute Gasteiger partial charge is 0.319 e. The molecule has 3 amide bonds. The number of anilines is 1. The molecule has 4 rings (SSSR count). The number of aromatic nitrogens is 2. The van der Waals surface area contributed by atoms with Crippen LogP contribution in [0.3, 0.4) is 0 Å². The molecule has 0 spiro atoms. The van der Waals surface area contributed by atoms with Crippen LogP contribution in [0.5, 0.6) is 0 Å². The van der Waals surface area contributed by atoms with Crippen LogP contribution in [0.2, 0.25) is 0 Å². The summed E-state index contributed by atoms with van der Waals surface area (Å²) in [7, 11) is 0. The number of benzene rings is 2. The first-order valence-corrected chi connectivity index (χ1v) is 10.3. The zero-order valence-corrected chi connectivity index (χ0v) is 17.0. The Bertz CT molecular complexity index is 1050. The number of urea groups is 1. The van der Waals surface area contributed by atoms with Gasteiger partial charge in [0.05, 0.1) is 5.69 Å². The maximum atomic E-state index is 13.2. The predicted octanol–water partition coefficient (Wildman–Crippen LogP) is 3.89. The zero-order chi connectivity index (χ0) is 21.6. The molecule has 1 aromatic heterocycles. The van der Waals surface area contributed by atoms with Gasteiger partial charge in [0.2, 0.25) is 0 Å². The molecule has 31 heavy (non-hydrogen) atoms. The Morgan fingerprint density at radius 2 is 1.97 bits per heavy atom. The van der Waals surface area contributed by atoms with Gasteiger partial charge in [0.25, 0.3) is 5.91 Å². The van der Waals surface area contributed by atoms with E-state index < -0.39 is 11.8 Å². The lowest BCUT2D eigenvalue weighted by molar-refractivity contribution is 0.0669. The number of hydrogen-bond acceptors (Lipinski definition) is 3. The maximum Gasteiger partial charge on any atom is 0.319 e. The number of halogens is 1. The molecular formula is C23H24FN5O2. The van der Waals surface area contributed by atoms with Gasteiger partial charge < -0.3 is 15.5 Å². The average molecular weight is 421 g/mol. The van der Waals surface area contributed by atoms with Crippen molar-refractivity contribution in [1.82, 2.24) is 20.4 Å². The summed E-state index contributed by atoms with van der Waals surface area (Å²) in [5.41, 5.74) is 2.53. The zero-order valence-electron chi connectivity index (χ0n) is 17.0. The summed E-state index contributed by atoms with van der Waals surface area (Å²) in [6.45, 7) is 1.66. The number of piperidine rings is 1. The van der Waals surface area contributed by atoms with E-state index in [4.69, 9.17) is 0 Å². The molecular weight excluding hydrogens is 397 g/mol. The second-order valence-corrected chi connectivity index (χ2v) is 7.64. The van der Waals surface area contributed by atoms with Crippen LogP contribution in [0.4, 0.5) is 14.9 Å². The van der Waals surface area contributed by atoms with Crippen molar-refractivity contribution in [2.45, 2.75) is 12.8 Å². The minimum absolute atomic E-state index is 0.0939. The van der Waals surface area contributed by atoms with E-state index >= 15 is 0 Å². The number of aromatic amines is 1. The van der Waals surface area contributed by atoms with Gasteiger partial charge in [-0.1, -0.05) is 36.4 Å². The third kappa shape index (κ3) is 5.28. The van der Waals surface area contributed by atoms with Crippen molar-refractivity contribution in [2.75, 3.05) is 25.0 Å². The molecule has 0 saturated carbocycles. The lowest BCUT2D eigenvalue weighted by Gasteiger charge is -2.32. The second kappa shape index (κ2) is 9.42. The topological polar surface area (TPSA) is 90.1 Å². The highest BCUT2D eigenvalue weighted by molar-refractivity contribution is 5.93. The summed E-state index contributed by atoms with van der Waals surface area (Å²) in [5, 5.41) is 12.5. The van der Waals surface area contributed by atoms with E-state index in [2.05, 4.69) is 20.8 Å². The maximum absolute atomic E-state index is 13.2. The Balaban J connectivity index is 1.30. The molecule has 3 aromatic rings. The summed E-state index contributed by atoms with van der Waals surface area (Å²) >= 11 is 0. The van der Waals surface area contributed by atoms with Crippen LogP contribution in [0.1, 0.15) is 23.3 Å². The predicted molar refractivity (Wildman–Crippen MR) is 116 cm³/mol. The van der Waals surface area contributed by atoms with Crippen LogP contribution in [-0.4, -0.2) is 46.7 Å². The molecule has 160 valence electrons. The van der Waals surface area contributed by atoms with Crippen LogP contribution in [0.15, 0.2) is 60.7 Å². The molecule has 1 unspecified atom stereocenters. The Kier molecular flexibility index (Phi) is 6.26. The van der Waals surface area contributed by atoms with E-state index in [1.807, 2.05) is 30.3 Å². The molecule has 0 bridgehead atoms. The number of H-pyrrole nitrogens is 1. The number of amides is 3. The summed E-state index contributed by atoms with van der Waals surface area (Å²) in [4.78, 5) is 26.8. The highest BCUT2D eigenvalue weighted by atomic mass is 19.1. The van der Waals surface area contributed by atoms with E-state index in [-0.39, 0.29) is 11.8 Å². The Morgan fingerprint density at radius 3 is 2.77 bits per heavy atom. The molecule has 0 aliphatic carbocycles. The fourth-order valence-electron chi connectivity index (χ4n) is 3.75. The van der Waals surface area contributed by atoms with Crippen molar-refractivity contribution >= 4 is 17.6 Å². The number of nitrogens with zero attached hydrogens (tertiary/aromatic N) is 2. The van der Waals surface area contributed by atoms with Crippen molar-refractivity contribution < 1.29 is 14.0 Å². The van der Waals surface area contributed by atoms with Crippen molar-refractivity contribution in [3.63, 3.8) is 0 Å². The first-order chi connectivity index (χ1) is 15.1. The standard InChI is InChI=1S/C23H24FN5O2/c24-18-9-4-10-19(12-18)26-23(31)25-14-16-6-5-11-29(15-16)22(30)21-13-20(27-28-21)17-7-2-1-3-8-17/h1-4,7-10,12-13,16H,5-6,11,14-15H2,(H,27,28)(H2,25,26,31). The lowest BCUT2D eigenvalue weighted by Crippen LogP contribution is -2.44. The molecule has 0 radical (unpaired) electrons. The van der Waals surface area contributed by atoms with Gasteiger partial charge in [0, 0.05) is 30.9 Å². The molecule has 8 heteroatoms. The number of carbonyl (C=O) groups excluding carboxylic acids is 2. The van der Waals surface area contributed by atoms with Gasteiger partial charge >= 0.3 is 6.03 Å². The Morgan fingerprint density at radius 1 is 1.13 bits per heavy atom. The summed E-state index contributed by atoms with van der Waals surface area (Å²) in [5.74, 6) is -0.357. The minimum atomic E-state index is -0.409. The number of likely N-dealkylation sites (tertiary alicyclic amines) is 1. The normalized spacial score (nSPS) is 16.0. The van der Waals surface area contributed by atoms with Gasteiger partial charge in [0.15, 0.2) is 0 Å². The van der Waals surface area contributed by atoms with Crippen molar-refractivity contribution in [1.29, 1.82) is 0 Å². The molecule has 2 aromatic carbocycles. The minimum Gasteiger partial charge on any atom is -0.338 e. The van der Waals surface area contributed by atoms with Crippen molar-refractivity contribution in [3.8, 4) is 11.3 Å². The first-order valence-electron chi connectivity index (χ1n) is 10.3. The highest BCUT2D eigenvalue weighted by Crippen LogP contribution is 2.21. The highest BCUT2D eigenvalue weighted by Gasteiger charge is 2.26. The number of carbonyl (C=O) groups is 2. The summed E-state index contributed by atoms with van der Waals surface area (Å²) < 4.78 is 13.2. The molecule has 1 saturated heterocycles. The van der Waals surface area contributed by atoms with Gasteiger partial charge in [-0.05, 0) is 43.0 Å². The Labute approximate surface area is 179 Å². The first kappa shape index (κ1) is 20.6. The van der Waals surface area contributed by atoms with Gasteiger partial charge in [-0.25, -0.2) is 9.18 Å². The van der Waals surface area contributed by atoms with E-state index in [0.717, 1.165) is 24.1 Å². The van der Waals surface area contributed by atoms with Crippen LogP contribution < -0.4 is 10.6 Å². The summed E-state index contributed by atoms with van der Waals surface area (Å²) in [6, 6.07) is 16.8. The third-order valence-corrected chi connectivity index (χ3v) is 5.32. The number of nitrogens with one attached hydrogen (secondary N) is 3. The van der Waals surface area contributed by atoms with E-state index in [9.17, 15) is 14.0 Å². The quantitative estimate of drug-likeness (QED) is 0.584. The van der Waals surface area contributed by atoms with E-state index in [0.29, 0.717) is 31.0 Å². The summed E-state index contributed by atoms with van der Waals surface area (Å²) in [6.07, 6.45) is 1.78. The molecule has 1 fully saturated rings. The third-order valence-electron chi connectivity index (χ3n) is 5.32. The van der Waals surface area contributed by atoms with Gasteiger partial charge in [-0.3, -0.25) is 9.89 Å². The molecule has 1 aliphatic heterocycles. The molecule has 7 nitrogen and oxygen atoms in total. The lowest BCUT2D eigenvalue weighted by atomic mass is 9.97. The van der Waals surface area contributed by atoms with Gasteiger partial charge in [0.1, 0.15) is 11.5 Å². The molecule has 1 atom stereocenters. The average Bonchev–Trinajstić information content (AvgIpc) is 3.28.